The Balaban J connectivity index is 2.04. The normalized spacial score (nSPS) is 10.4. The highest BCUT2D eigenvalue weighted by molar-refractivity contribution is 6.36. The van der Waals surface area contributed by atoms with Crippen LogP contribution in [0.1, 0.15) is 11.5 Å². The highest BCUT2D eigenvalue weighted by Crippen LogP contribution is 2.25. The van der Waals surface area contributed by atoms with Gasteiger partial charge in [-0.15, -0.1) is 0 Å². The Morgan fingerprint density at radius 2 is 2.19 bits per heavy atom. The Morgan fingerprint density at radius 3 is 2.81 bits per heavy atom. The first-order chi connectivity index (χ1) is 7.65. The first kappa shape index (κ1) is 11.3. The van der Waals surface area contributed by atoms with E-state index in [1.54, 1.807) is 18.3 Å². The largest absolute Gasteiger partial charge is 0.378 e. The Labute approximate surface area is 104 Å². The molecule has 0 unspecified atom stereocenters. The maximum Gasteiger partial charge on any atom is 0.103 e. The van der Waals surface area contributed by atoms with E-state index in [0.29, 0.717) is 16.6 Å². The molecule has 0 aliphatic carbocycles. The van der Waals surface area contributed by atoms with Crippen LogP contribution in [-0.2, 0) is 6.54 Å². The summed E-state index contributed by atoms with van der Waals surface area (Å²) in [6.07, 6.45) is 1.80. The summed E-state index contributed by atoms with van der Waals surface area (Å²) in [5.41, 5.74) is 1.88. The second kappa shape index (κ2) is 4.76. The van der Waals surface area contributed by atoms with Crippen molar-refractivity contribution >= 4 is 28.9 Å². The number of rotatable bonds is 3. The number of hydrogen-bond acceptors (Lipinski definition) is 2. The van der Waals surface area contributed by atoms with Crippen molar-refractivity contribution in [1.82, 2.24) is 9.97 Å². The fourth-order valence-corrected chi connectivity index (χ4v) is 1.86. The van der Waals surface area contributed by atoms with Crippen LogP contribution in [0.5, 0.6) is 0 Å². The highest BCUT2D eigenvalue weighted by Gasteiger charge is 2.01. The lowest BCUT2D eigenvalue weighted by Gasteiger charge is -2.07. The predicted molar refractivity (Wildman–Crippen MR) is 67.1 cm³/mol. The van der Waals surface area contributed by atoms with Gasteiger partial charge in [-0.25, -0.2) is 4.98 Å². The lowest BCUT2D eigenvalue weighted by molar-refractivity contribution is 1.05. The van der Waals surface area contributed by atoms with Crippen LogP contribution in [0.3, 0.4) is 0 Å². The average molecular weight is 256 g/mol. The standard InChI is InChI=1S/C11H11Cl2N3/c1-7-14-5-9(16-7)6-15-11-3-2-8(12)4-10(11)13/h2-5,15H,6H2,1H3,(H,14,16). The molecule has 16 heavy (non-hydrogen) atoms. The van der Waals surface area contributed by atoms with E-state index in [1.165, 1.54) is 0 Å². The minimum Gasteiger partial charge on any atom is -0.378 e. The van der Waals surface area contributed by atoms with Gasteiger partial charge in [0.05, 0.1) is 29.1 Å². The van der Waals surface area contributed by atoms with E-state index in [9.17, 15) is 0 Å². The molecule has 0 spiro atoms. The number of nitrogens with zero attached hydrogens (tertiary/aromatic N) is 1. The predicted octanol–water partition coefficient (Wildman–Crippen LogP) is 3.64. The van der Waals surface area contributed by atoms with Crippen molar-refractivity contribution in [3.8, 4) is 0 Å². The smallest absolute Gasteiger partial charge is 0.103 e. The topological polar surface area (TPSA) is 40.7 Å². The molecule has 0 bridgehead atoms. The number of nitrogens with one attached hydrogen (secondary N) is 2. The Kier molecular flexibility index (Phi) is 3.36. The number of imidazole rings is 1. The Bertz CT molecular complexity index is 494. The molecule has 0 atom stereocenters. The summed E-state index contributed by atoms with van der Waals surface area (Å²) in [6, 6.07) is 5.37. The second-order valence-corrected chi connectivity index (χ2v) is 4.32. The van der Waals surface area contributed by atoms with Gasteiger partial charge in [-0.05, 0) is 25.1 Å². The molecule has 1 aromatic heterocycles. The van der Waals surface area contributed by atoms with Gasteiger partial charge in [-0.3, -0.25) is 0 Å². The molecule has 0 fully saturated rings. The SMILES string of the molecule is Cc1ncc(CNc2ccc(Cl)cc2Cl)[nH]1. The van der Waals surface area contributed by atoms with Crippen molar-refractivity contribution in [2.75, 3.05) is 5.32 Å². The van der Waals surface area contributed by atoms with Gasteiger partial charge in [0.1, 0.15) is 5.82 Å². The van der Waals surface area contributed by atoms with Crippen LogP contribution in [0.4, 0.5) is 5.69 Å². The lowest BCUT2D eigenvalue weighted by Crippen LogP contribution is -2.00. The number of benzene rings is 1. The van der Waals surface area contributed by atoms with E-state index >= 15 is 0 Å². The molecule has 2 aromatic rings. The van der Waals surface area contributed by atoms with Crippen LogP contribution in [0.25, 0.3) is 0 Å². The highest BCUT2D eigenvalue weighted by atomic mass is 35.5. The van der Waals surface area contributed by atoms with Gasteiger partial charge >= 0.3 is 0 Å². The first-order valence-electron chi connectivity index (χ1n) is 4.84. The van der Waals surface area contributed by atoms with Gasteiger partial charge in [0, 0.05) is 5.02 Å². The van der Waals surface area contributed by atoms with Gasteiger partial charge in [0.25, 0.3) is 0 Å². The summed E-state index contributed by atoms with van der Waals surface area (Å²) >= 11 is 11.8. The molecule has 3 nitrogen and oxygen atoms in total. The van der Waals surface area contributed by atoms with E-state index in [4.69, 9.17) is 23.2 Å². The third-order valence-corrected chi connectivity index (χ3v) is 2.70. The Morgan fingerprint density at radius 1 is 1.38 bits per heavy atom. The molecule has 1 heterocycles. The molecule has 0 saturated heterocycles. The summed E-state index contributed by atoms with van der Waals surface area (Å²) in [5.74, 6) is 0.902. The minimum atomic E-state index is 0.615. The molecular formula is C11H11Cl2N3. The van der Waals surface area contributed by atoms with Crippen LogP contribution in [0.15, 0.2) is 24.4 Å². The van der Waals surface area contributed by atoms with E-state index < -0.39 is 0 Å². The fourth-order valence-electron chi connectivity index (χ4n) is 1.38. The third kappa shape index (κ3) is 2.68. The van der Waals surface area contributed by atoms with Crippen molar-refractivity contribution in [3.05, 3.63) is 46.0 Å². The summed E-state index contributed by atoms with van der Waals surface area (Å²) in [5, 5.41) is 4.45. The van der Waals surface area contributed by atoms with E-state index in [2.05, 4.69) is 15.3 Å². The lowest BCUT2D eigenvalue weighted by atomic mass is 10.3. The number of aryl methyl sites for hydroxylation is 1. The van der Waals surface area contributed by atoms with E-state index in [0.717, 1.165) is 17.2 Å². The molecule has 2 N–H and O–H groups in total. The molecule has 0 saturated carbocycles. The van der Waals surface area contributed by atoms with Crippen molar-refractivity contribution in [3.63, 3.8) is 0 Å². The second-order valence-electron chi connectivity index (χ2n) is 3.47. The number of aromatic amines is 1. The molecule has 0 radical (unpaired) electrons. The van der Waals surface area contributed by atoms with Gasteiger partial charge in [-0.1, -0.05) is 23.2 Å². The average Bonchev–Trinajstić information content (AvgIpc) is 2.63. The molecular weight excluding hydrogens is 245 g/mol. The third-order valence-electron chi connectivity index (χ3n) is 2.16. The summed E-state index contributed by atoms with van der Waals surface area (Å²) in [4.78, 5) is 7.25. The fraction of sp³-hybridized carbons (Fsp3) is 0.182. The van der Waals surface area contributed by atoms with Crippen molar-refractivity contribution in [2.45, 2.75) is 13.5 Å². The molecule has 0 aliphatic heterocycles. The molecule has 5 heteroatoms. The van der Waals surface area contributed by atoms with Gasteiger partial charge in [0.15, 0.2) is 0 Å². The van der Waals surface area contributed by atoms with Crippen LogP contribution in [0, 0.1) is 6.92 Å². The minimum absolute atomic E-state index is 0.615. The quantitative estimate of drug-likeness (QED) is 0.880. The van der Waals surface area contributed by atoms with Crippen LogP contribution in [-0.4, -0.2) is 9.97 Å². The van der Waals surface area contributed by atoms with E-state index in [-0.39, 0.29) is 0 Å². The number of halogens is 2. The summed E-state index contributed by atoms with van der Waals surface area (Å²) in [7, 11) is 0. The van der Waals surface area contributed by atoms with Gasteiger partial charge in [-0.2, -0.15) is 0 Å². The number of anilines is 1. The molecule has 2 rings (SSSR count). The molecule has 0 aliphatic rings. The number of H-pyrrole nitrogens is 1. The zero-order valence-corrected chi connectivity index (χ0v) is 10.2. The van der Waals surface area contributed by atoms with Crippen LogP contribution in [0.2, 0.25) is 10.0 Å². The first-order valence-corrected chi connectivity index (χ1v) is 5.60. The monoisotopic (exact) mass is 255 g/mol. The van der Waals surface area contributed by atoms with Crippen molar-refractivity contribution in [1.29, 1.82) is 0 Å². The zero-order valence-electron chi connectivity index (χ0n) is 8.72. The Hall–Kier alpha value is -1.19. The van der Waals surface area contributed by atoms with Crippen molar-refractivity contribution < 1.29 is 0 Å². The maximum absolute atomic E-state index is 6.03. The van der Waals surface area contributed by atoms with Crippen LogP contribution >= 0.6 is 23.2 Å². The molecule has 84 valence electrons. The van der Waals surface area contributed by atoms with Gasteiger partial charge in [0.2, 0.25) is 0 Å². The number of hydrogen-bond donors (Lipinski definition) is 2. The maximum atomic E-state index is 6.03. The molecule has 0 amide bonds. The number of aromatic nitrogens is 2. The summed E-state index contributed by atoms with van der Waals surface area (Å²) < 4.78 is 0. The zero-order chi connectivity index (χ0) is 11.5. The van der Waals surface area contributed by atoms with Crippen LogP contribution < -0.4 is 5.32 Å². The van der Waals surface area contributed by atoms with Gasteiger partial charge < -0.3 is 10.3 Å². The summed E-state index contributed by atoms with van der Waals surface area (Å²) in [6.45, 7) is 2.57. The molecule has 1 aromatic carbocycles. The van der Waals surface area contributed by atoms with E-state index in [1.807, 2.05) is 13.0 Å². The van der Waals surface area contributed by atoms with Crippen molar-refractivity contribution in [2.24, 2.45) is 0 Å².